The van der Waals surface area contributed by atoms with Crippen LogP contribution in [0.1, 0.15) is 5.56 Å². The minimum atomic E-state index is -0.895. The van der Waals surface area contributed by atoms with Crippen molar-refractivity contribution in [3.05, 3.63) is 35.9 Å². The molecule has 0 fully saturated rings. The van der Waals surface area contributed by atoms with Crippen LogP contribution in [-0.2, 0) is 20.9 Å². The number of esters is 1. The molecule has 7 heteroatoms. The number of carbonyl (C=O) groups excluding carboxylic acids is 2. The number of amides is 1. The van der Waals surface area contributed by atoms with Crippen molar-refractivity contribution in [2.24, 2.45) is 5.73 Å². The van der Waals surface area contributed by atoms with Crippen molar-refractivity contribution in [3.8, 4) is 0 Å². The highest BCUT2D eigenvalue weighted by atomic mass is 32.3. The highest BCUT2D eigenvalue weighted by Crippen LogP contribution is 2.33. The van der Waals surface area contributed by atoms with Gasteiger partial charge in [-0.25, -0.2) is 19.6 Å². The Morgan fingerprint density at radius 1 is 1.17 bits per heavy atom. The van der Waals surface area contributed by atoms with Crippen molar-refractivity contribution in [2.75, 3.05) is 37.7 Å². The summed E-state index contributed by atoms with van der Waals surface area (Å²) in [6.07, 6.45) is 5.73. The van der Waals surface area contributed by atoms with Crippen LogP contribution in [-0.4, -0.2) is 55.8 Å². The monoisotopic (exact) mass is 342 g/mol. The van der Waals surface area contributed by atoms with Crippen molar-refractivity contribution < 1.29 is 19.1 Å². The highest BCUT2D eigenvalue weighted by molar-refractivity contribution is 8.32. The summed E-state index contributed by atoms with van der Waals surface area (Å²) in [5.74, 6) is 0.280. The van der Waals surface area contributed by atoms with Crippen molar-refractivity contribution >= 4 is 22.1 Å². The number of nitrogens with one attached hydrogen (secondary N) is 1. The molecule has 6 nitrogen and oxygen atoms in total. The minimum Gasteiger partial charge on any atom is -0.463 e. The van der Waals surface area contributed by atoms with Crippen LogP contribution in [0.25, 0.3) is 0 Å². The van der Waals surface area contributed by atoms with Crippen LogP contribution >= 0.6 is 10.0 Å². The molecule has 3 N–H and O–H groups in total. The third-order valence-corrected chi connectivity index (χ3v) is 4.36. The van der Waals surface area contributed by atoms with Gasteiger partial charge in [-0.2, -0.15) is 0 Å². The molecule has 1 amide bonds. The van der Waals surface area contributed by atoms with Gasteiger partial charge in [-0.3, -0.25) is 0 Å². The fourth-order valence-electron chi connectivity index (χ4n) is 1.61. The van der Waals surface area contributed by atoms with E-state index in [-0.39, 0.29) is 13.2 Å². The molecule has 0 heterocycles. The Morgan fingerprint density at radius 3 is 2.39 bits per heavy atom. The zero-order chi connectivity index (χ0) is 17.3. The Balaban J connectivity index is 2.36. The van der Waals surface area contributed by atoms with E-state index >= 15 is 0 Å². The van der Waals surface area contributed by atoms with Crippen LogP contribution in [0.5, 0.6) is 0 Å². The number of rotatable bonds is 8. The first kappa shape index (κ1) is 19.3. The maximum atomic E-state index is 11.9. The topological polar surface area (TPSA) is 90.6 Å². The standard InChI is InChI=1S/C16H26N2O4S/c1-23(2,3)10-9-21-15(19)14(11-17)18-16(20)22-12-13-7-5-4-6-8-13/h4-8,14H,9-12,17H2,1-3H3,(H,18,20)/t14-/m0/s1. The molecule has 1 atom stereocenters. The van der Waals surface area contributed by atoms with Gasteiger partial charge in [0.2, 0.25) is 0 Å². The first-order valence-corrected chi connectivity index (χ1v) is 10.3. The van der Waals surface area contributed by atoms with E-state index in [9.17, 15) is 9.59 Å². The van der Waals surface area contributed by atoms with Crippen LogP contribution in [0.4, 0.5) is 4.79 Å². The van der Waals surface area contributed by atoms with Crippen molar-refractivity contribution in [3.63, 3.8) is 0 Å². The van der Waals surface area contributed by atoms with E-state index in [0.29, 0.717) is 6.61 Å². The first-order chi connectivity index (χ1) is 10.8. The molecule has 1 aromatic carbocycles. The SMILES string of the molecule is CS(C)(C)CCOC(=O)[C@H](CN)NC(=O)OCc1ccccc1. The van der Waals surface area contributed by atoms with Crippen LogP contribution in [0.15, 0.2) is 30.3 Å². The van der Waals surface area contributed by atoms with Gasteiger partial charge in [-0.05, 0) is 24.3 Å². The predicted molar refractivity (Wildman–Crippen MR) is 93.8 cm³/mol. The van der Waals surface area contributed by atoms with Gasteiger partial charge in [-0.15, -0.1) is 0 Å². The molecule has 0 saturated carbocycles. The highest BCUT2D eigenvalue weighted by Gasteiger charge is 2.21. The number of hydrogen-bond acceptors (Lipinski definition) is 5. The lowest BCUT2D eigenvalue weighted by Gasteiger charge is -2.25. The minimum absolute atomic E-state index is 0.0400. The van der Waals surface area contributed by atoms with E-state index in [1.807, 2.05) is 30.3 Å². The van der Waals surface area contributed by atoms with Gasteiger partial charge < -0.3 is 20.5 Å². The smallest absolute Gasteiger partial charge is 0.408 e. The lowest BCUT2D eigenvalue weighted by molar-refractivity contribution is -0.145. The van der Waals surface area contributed by atoms with Gasteiger partial charge in [0.05, 0.1) is 6.61 Å². The third-order valence-electron chi connectivity index (χ3n) is 2.97. The largest absolute Gasteiger partial charge is 0.463 e. The Labute approximate surface area is 139 Å². The molecule has 0 saturated heterocycles. The molecule has 1 rings (SSSR count). The summed E-state index contributed by atoms with van der Waals surface area (Å²) < 4.78 is 10.2. The zero-order valence-electron chi connectivity index (χ0n) is 13.9. The second-order valence-electron chi connectivity index (χ2n) is 5.96. The predicted octanol–water partition coefficient (Wildman–Crippen LogP) is 1.48. The molecule has 0 aliphatic heterocycles. The van der Waals surface area contributed by atoms with Gasteiger partial charge in [-0.1, -0.05) is 30.3 Å². The number of hydrogen-bond donors (Lipinski definition) is 2. The molecule has 1 aromatic rings. The van der Waals surface area contributed by atoms with E-state index in [1.54, 1.807) is 0 Å². The fraction of sp³-hybridized carbons (Fsp3) is 0.500. The molecule has 0 bridgehead atoms. The quantitative estimate of drug-likeness (QED) is 0.698. The fourth-order valence-corrected chi connectivity index (χ4v) is 2.20. The van der Waals surface area contributed by atoms with Gasteiger partial charge in [0.1, 0.15) is 12.6 Å². The Morgan fingerprint density at radius 2 is 1.83 bits per heavy atom. The summed E-state index contributed by atoms with van der Waals surface area (Å²) in [6, 6.07) is 8.38. The van der Waals surface area contributed by atoms with E-state index < -0.39 is 28.1 Å². The molecule has 0 unspecified atom stereocenters. The number of ether oxygens (including phenoxy) is 2. The van der Waals surface area contributed by atoms with Crippen molar-refractivity contribution in [1.29, 1.82) is 0 Å². The number of carbonyl (C=O) groups is 2. The zero-order valence-corrected chi connectivity index (χ0v) is 14.7. The molecule has 0 spiro atoms. The summed E-state index contributed by atoms with van der Waals surface area (Å²) in [4.78, 5) is 23.6. The lowest BCUT2D eigenvalue weighted by atomic mass is 10.2. The van der Waals surface area contributed by atoms with Gasteiger partial charge in [0.15, 0.2) is 0 Å². The average Bonchev–Trinajstić information content (AvgIpc) is 2.50. The Kier molecular flexibility index (Phi) is 7.91. The van der Waals surface area contributed by atoms with E-state index in [2.05, 4.69) is 24.1 Å². The molecule has 0 aromatic heterocycles. The van der Waals surface area contributed by atoms with Crippen molar-refractivity contribution in [1.82, 2.24) is 5.32 Å². The first-order valence-electron chi connectivity index (χ1n) is 7.32. The maximum absolute atomic E-state index is 11.9. The second kappa shape index (κ2) is 9.42. The summed E-state index contributed by atoms with van der Waals surface area (Å²) >= 11 is 0. The molecule has 0 radical (unpaired) electrons. The van der Waals surface area contributed by atoms with Crippen LogP contribution < -0.4 is 11.1 Å². The summed E-state index contributed by atoms with van der Waals surface area (Å²) in [7, 11) is -0.735. The second-order valence-corrected chi connectivity index (χ2v) is 10.5. The van der Waals surface area contributed by atoms with Gasteiger partial charge >= 0.3 is 12.1 Å². The van der Waals surface area contributed by atoms with Gasteiger partial charge in [0, 0.05) is 12.3 Å². The number of nitrogens with two attached hydrogens (primary N) is 1. The molecular formula is C16H26N2O4S. The van der Waals surface area contributed by atoms with Crippen LogP contribution in [0.3, 0.4) is 0 Å². The molecular weight excluding hydrogens is 316 g/mol. The molecule has 0 aliphatic carbocycles. The maximum Gasteiger partial charge on any atom is 0.408 e. The normalized spacial score (nSPS) is 13.0. The average molecular weight is 342 g/mol. The van der Waals surface area contributed by atoms with Gasteiger partial charge in [0.25, 0.3) is 0 Å². The number of benzene rings is 1. The van der Waals surface area contributed by atoms with E-state index in [0.717, 1.165) is 11.3 Å². The molecule has 0 aliphatic rings. The third kappa shape index (κ3) is 8.47. The number of alkyl carbamates (subject to hydrolysis) is 1. The van der Waals surface area contributed by atoms with Crippen LogP contribution in [0, 0.1) is 0 Å². The summed E-state index contributed by atoms with van der Waals surface area (Å²) in [6.45, 7) is 0.420. The van der Waals surface area contributed by atoms with E-state index in [4.69, 9.17) is 15.2 Å². The Bertz CT molecular complexity index is 503. The lowest BCUT2D eigenvalue weighted by Crippen LogP contribution is -2.47. The summed E-state index contributed by atoms with van der Waals surface area (Å²) in [5.41, 5.74) is 6.38. The Hall–Kier alpha value is -1.73. The van der Waals surface area contributed by atoms with Crippen molar-refractivity contribution in [2.45, 2.75) is 12.6 Å². The van der Waals surface area contributed by atoms with Crippen LogP contribution in [0.2, 0.25) is 0 Å². The summed E-state index contributed by atoms with van der Waals surface area (Å²) in [5, 5.41) is 2.43. The van der Waals surface area contributed by atoms with E-state index in [1.165, 1.54) is 0 Å². The molecule has 130 valence electrons. The molecule has 23 heavy (non-hydrogen) atoms.